The van der Waals surface area contributed by atoms with E-state index in [2.05, 4.69) is 4.72 Å². The minimum atomic E-state index is -1.14. The minimum Gasteiger partial charge on any atom is -0.444 e. The molecule has 0 aromatic heterocycles. The topological polar surface area (TPSA) is 67.9 Å². The van der Waals surface area contributed by atoms with E-state index in [1.165, 1.54) is 0 Å². The van der Waals surface area contributed by atoms with E-state index in [4.69, 9.17) is 9.47 Å². The average Bonchev–Trinajstić information content (AvgIpc) is 2.75. The van der Waals surface area contributed by atoms with Crippen LogP contribution in [0.5, 0.6) is 0 Å². The number of nitrogens with zero attached hydrogens (tertiary/aromatic N) is 1. The first-order chi connectivity index (χ1) is 11.3. The van der Waals surface area contributed by atoms with Crippen LogP contribution in [0.4, 0.5) is 4.79 Å². The van der Waals surface area contributed by atoms with Gasteiger partial charge >= 0.3 is 6.09 Å². The monoisotopic (exact) mass is 374 g/mol. The Hall–Kier alpha value is -0.660. The smallest absolute Gasteiger partial charge is 0.410 e. The largest absolute Gasteiger partial charge is 0.444 e. The van der Waals surface area contributed by atoms with E-state index in [1.807, 2.05) is 48.5 Å². The Labute approximate surface area is 154 Å². The highest BCUT2D eigenvalue weighted by Crippen LogP contribution is 2.42. The molecule has 2 saturated heterocycles. The molecule has 2 heterocycles. The molecule has 6 nitrogen and oxygen atoms in total. The van der Waals surface area contributed by atoms with Gasteiger partial charge < -0.3 is 14.4 Å². The molecule has 2 fully saturated rings. The van der Waals surface area contributed by atoms with E-state index in [0.717, 1.165) is 12.8 Å². The number of carbonyl (C=O) groups is 1. The highest BCUT2D eigenvalue weighted by atomic mass is 32.2. The molecule has 2 aliphatic rings. The molecule has 0 radical (unpaired) electrons. The predicted octanol–water partition coefficient (Wildman–Crippen LogP) is 2.84. The number of amides is 1. The third kappa shape index (κ3) is 4.95. The molecule has 1 unspecified atom stereocenters. The Bertz CT molecular complexity index is 516. The maximum absolute atomic E-state index is 12.6. The van der Waals surface area contributed by atoms with Crippen molar-refractivity contribution in [2.24, 2.45) is 5.41 Å². The number of hydrogen-bond acceptors (Lipinski definition) is 4. The van der Waals surface area contributed by atoms with Gasteiger partial charge in [-0.05, 0) is 61.3 Å². The second kappa shape index (κ2) is 7.16. The maximum atomic E-state index is 12.6. The number of likely N-dealkylation sites (tertiary alicyclic amines) is 1. The van der Waals surface area contributed by atoms with Crippen molar-refractivity contribution in [1.29, 1.82) is 0 Å². The lowest BCUT2D eigenvalue weighted by Crippen LogP contribution is -2.55. The molecular weight excluding hydrogens is 340 g/mol. The lowest BCUT2D eigenvalue weighted by molar-refractivity contribution is 0.00648. The first-order valence-corrected chi connectivity index (χ1v) is 10.3. The van der Waals surface area contributed by atoms with Crippen LogP contribution < -0.4 is 4.72 Å². The van der Waals surface area contributed by atoms with Crippen LogP contribution in [0.3, 0.4) is 0 Å². The van der Waals surface area contributed by atoms with Crippen LogP contribution in [0.2, 0.25) is 0 Å². The minimum absolute atomic E-state index is 0.0133. The lowest BCUT2D eigenvalue weighted by atomic mass is 9.73. The van der Waals surface area contributed by atoms with E-state index in [9.17, 15) is 9.00 Å². The van der Waals surface area contributed by atoms with E-state index < -0.39 is 16.6 Å². The Morgan fingerprint density at radius 1 is 1.20 bits per heavy atom. The van der Waals surface area contributed by atoms with Crippen molar-refractivity contribution in [3.05, 3.63) is 0 Å². The molecule has 0 bridgehead atoms. The van der Waals surface area contributed by atoms with Crippen molar-refractivity contribution < 1.29 is 18.5 Å². The van der Waals surface area contributed by atoms with E-state index in [0.29, 0.717) is 19.7 Å². The Morgan fingerprint density at radius 2 is 1.76 bits per heavy atom. The molecule has 146 valence electrons. The summed E-state index contributed by atoms with van der Waals surface area (Å²) in [5.41, 5.74) is -0.552. The molecule has 1 spiro atoms. The van der Waals surface area contributed by atoms with Crippen molar-refractivity contribution in [2.45, 2.75) is 83.8 Å². The molecular formula is C18H34N2O4S. The normalized spacial score (nSPS) is 28.2. The number of piperidine rings is 1. The van der Waals surface area contributed by atoms with Gasteiger partial charge in [-0.25, -0.2) is 13.7 Å². The average molecular weight is 375 g/mol. The highest BCUT2D eigenvalue weighted by Gasteiger charge is 2.51. The lowest BCUT2D eigenvalue weighted by Gasteiger charge is -2.43. The molecule has 7 heteroatoms. The summed E-state index contributed by atoms with van der Waals surface area (Å²) in [6.45, 7) is 15.5. The van der Waals surface area contributed by atoms with Crippen LogP contribution in [-0.2, 0) is 20.5 Å². The third-order valence-corrected chi connectivity index (χ3v) is 6.54. The van der Waals surface area contributed by atoms with Crippen LogP contribution >= 0.6 is 0 Å². The number of hydrogen-bond donors (Lipinski definition) is 1. The van der Waals surface area contributed by atoms with E-state index in [1.54, 1.807) is 4.90 Å². The zero-order valence-corrected chi connectivity index (χ0v) is 17.5. The Kier molecular flexibility index (Phi) is 5.91. The summed E-state index contributed by atoms with van der Waals surface area (Å²) >= 11 is 0. The van der Waals surface area contributed by atoms with Crippen molar-refractivity contribution >= 4 is 17.1 Å². The Morgan fingerprint density at radius 3 is 2.24 bits per heavy atom. The fourth-order valence-electron chi connectivity index (χ4n) is 3.41. The highest BCUT2D eigenvalue weighted by molar-refractivity contribution is 7.84. The zero-order chi connectivity index (χ0) is 19.0. The molecule has 0 aromatic rings. The van der Waals surface area contributed by atoms with Gasteiger partial charge in [0, 0.05) is 18.5 Å². The predicted molar refractivity (Wildman–Crippen MR) is 99.7 cm³/mol. The van der Waals surface area contributed by atoms with Crippen molar-refractivity contribution in [2.75, 3.05) is 19.7 Å². The summed E-state index contributed by atoms with van der Waals surface area (Å²) in [5.74, 6) is 0. The molecule has 0 aromatic carbocycles. The summed E-state index contributed by atoms with van der Waals surface area (Å²) in [7, 11) is -1.14. The first kappa shape index (κ1) is 20.6. The molecule has 25 heavy (non-hydrogen) atoms. The second-order valence-electron chi connectivity index (χ2n) is 9.32. The molecule has 0 saturated carbocycles. The molecule has 3 atom stereocenters. The van der Waals surface area contributed by atoms with Gasteiger partial charge in [0.25, 0.3) is 0 Å². The first-order valence-electron chi connectivity index (χ1n) is 9.12. The van der Waals surface area contributed by atoms with Crippen molar-refractivity contribution in [1.82, 2.24) is 9.62 Å². The van der Waals surface area contributed by atoms with Crippen LogP contribution in [0.25, 0.3) is 0 Å². The second-order valence-corrected chi connectivity index (χ2v) is 11.3. The van der Waals surface area contributed by atoms with E-state index >= 15 is 0 Å². The number of carbonyl (C=O) groups excluding carboxylic acids is 1. The maximum Gasteiger partial charge on any atom is 0.410 e. The molecule has 2 aliphatic heterocycles. The summed E-state index contributed by atoms with van der Waals surface area (Å²) in [6.07, 6.45) is 1.42. The van der Waals surface area contributed by atoms with Gasteiger partial charge in [0.05, 0.1) is 34.5 Å². The van der Waals surface area contributed by atoms with Gasteiger partial charge in [-0.1, -0.05) is 0 Å². The number of ether oxygens (including phenoxy) is 2. The van der Waals surface area contributed by atoms with Gasteiger partial charge in [-0.15, -0.1) is 0 Å². The van der Waals surface area contributed by atoms with Crippen LogP contribution in [0.1, 0.15) is 61.3 Å². The van der Waals surface area contributed by atoms with Crippen molar-refractivity contribution in [3.8, 4) is 0 Å². The summed E-state index contributed by atoms with van der Waals surface area (Å²) in [4.78, 5) is 14.1. The SMILES string of the molecule is C[C@@H]1OCC2(CCN(C(=O)OC(C)(C)C)CC2)[C@H]1NS(=O)C(C)(C)C. The van der Waals surface area contributed by atoms with Gasteiger partial charge in [0.2, 0.25) is 0 Å². The molecule has 2 rings (SSSR count). The fourth-order valence-corrected chi connectivity index (χ4v) is 4.44. The summed E-state index contributed by atoms with van der Waals surface area (Å²) in [6, 6.07) is 0.0355. The van der Waals surface area contributed by atoms with E-state index in [-0.39, 0.29) is 28.4 Å². The number of rotatable bonds is 2. The molecule has 1 N–H and O–H groups in total. The van der Waals surface area contributed by atoms with Crippen LogP contribution in [0, 0.1) is 5.41 Å². The van der Waals surface area contributed by atoms with Gasteiger partial charge in [-0.3, -0.25) is 0 Å². The van der Waals surface area contributed by atoms with Crippen molar-refractivity contribution in [3.63, 3.8) is 0 Å². The van der Waals surface area contributed by atoms with Gasteiger partial charge in [0.15, 0.2) is 0 Å². The van der Waals surface area contributed by atoms with Gasteiger partial charge in [0.1, 0.15) is 5.60 Å². The standard InChI is InChI=1S/C18H34N2O4S/c1-13-14(19-25(22)17(5,6)7)18(12-23-13)8-10-20(11-9-18)15(21)24-16(2,3)4/h13-14,19H,8-12H2,1-7H3/t13-,14-,25?/m0/s1. The van der Waals surface area contributed by atoms with Gasteiger partial charge in [-0.2, -0.15) is 0 Å². The summed E-state index contributed by atoms with van der Waals surface area (Å²) in [5, 5.41) is 0. The zero-order valence-electron chi connectivity index (χ0n) is 16.7. The summed E-state index contributed by atoms with van der Waals surface area (Å²) < 4.78 is 27.0. The van der Waals surface area contributed by atoms with Crippen LogP contribution in [0.15, 0.2) is 0 Å². The molecule has 1 amide bonds. The Balaban J connectivity index is 2.02. The van der Waals surface area contributed by atoms with Crippen LogP contribution in [-0.4, -0.2) is 57.4 Å². The number of nitrogens with one attached hydrogen (secondary N) is 1. The quantitative estimate of drug-likeness (QED) is 0.807. The third-order valence-electron chi connectivity index (χ3n) is 4.96. The molecule has 0 aliphatic carbocycles. The fraction of sp³-hybridized carbons (Fsp3) is 0.944.